The molecule has 0 aromatic heterocycles. The lowest BCUT2D eigenvalue weighted by Gasteiger charge is -2.37. The van der Waals surface area contributed by atoms with E-state index in [2.05, 4.69) is 35.2 Å². The zero-order chi connectivity index (χ0) is 17.0. The summed E-state index contributed by atoms with van der Waals surface area (Å²) in [6.45, 7) is 2.76. The average Bonchev–Trinajstić information content (AvgIpc) is 2.64. The van der Waals surface area contributed by atoms with E-state index in [4.69, 9.17) is 10.5 Å². The first-order valence-corrected chi connectivity index (χ1v) is 8.28. The molecule has 4 heteroatoms. The summed E-state index contributed by atoms with van der Waals surface area (Å²) in [5.74, 6) is 0.647. The lowest BCUT2D eigenvalue weighted by molar-refractivity contribution is 0.179. The molecule has 1 fully saturated rings. The molecule has 124 valence electrons. The van der Waals surface area contributed by atoms with E-state index in [9.17, 15) is 5.26 Å². The van der Waals surface area contributed by atoms with Crippen LogP contribution in [-0.2, 0) is 12.0 Å². The molecule has 3 rings (SSSR count). The SMILES string of the molecule is COc1cc(C2(C#N)CCN(Cc3ccccc3)CC2)ccc1N. The van der Waals surface area contributed by atoms with Gasteiger partial charge in [-0.25, -0.2) is 0 Å². The normalized spacial score (nSPS) is 17.2. The van der Waals surface area contributed by atoms with Crippen molar-refractivity contribution >= 4 is 5.69 Å². The minimum atomic E-state index is -0.450. The molecule has 4 nitrogen and oxygen atoms in total. The fourth-order valence-corrected chi connectivity index (χ4v) is 3.41. The van der Waals surface area contributed by atoms with Crippen LogP contribution in [0.4, 0.5) is 5.69 Å². The molecule has 24 heavy (non-hydrogen) atoms. The summed E-state index contributed by atoms with van der Waals surface area (Å²) < 4.78 is 5.32. The number of piperidine rings is 1. The molecule has 0 unspecified atom stereocenters. The van der Waals surface area contributed by atoms with E-state index in [-0.39, 0.29) is 0 Å². The Morgan fingerprint density at radius 1 is 1.17 bits per heavy atom. The Morgan fingerprint density at radius 3 is 2.50 bits per heavy atom. The van der Waals surface area contributed by atoms with E-state index in [0.717, 1.165) is 38.0 Å². The second kappa shape index (κ2) is 6.94. The van der Waals surface area contributed by atoms with Crippen LogP contribution in [0.5, 0.6) is 5.75 Å². The highest BCUT2D eigenvalue weighted by atomic mass is 16.5. The summed E-state index contributed by atoms with van der Waals surface area (Å²) in [5.41, 5.74) is 8.39. The van der Waals surface area contributed by atoms with Crippen LogP contribution in [0, 0.1) is 11.3 Å². The summed E-state index contributed by atoms with van der Waals surface area (Å²) >= 11 is 0. The van der Waals surface area contributed by atoms with Gasteiger partial charge in [-0.3, -0.25) is 4.90 Å². The topological polar surface area (TPSA) is 62.3 Å². The van der Waals surface area contributed by atoms with Crippen LogP contribution in [0.3, 0.4) is 0 Å². The lowest BCUT2D eigenvalue weighted by atomic mass is 9.74. The number of hydrogen-bond acceptors (Lipinski definition) is 4. The third kappa shape index (κ3) is 3.22. The molecule has 0 amide bonds. The Hall–Kier alpha value is -2.51. The molecule has 0 atom stereocenters. The Morgan fingerprint density at radius 2 is 1.88 bits per heavy atom. The van der Waals surface area contributed by atoms with Gasteiger partial charge in [0.05, 0.1) is 24.3 Å². The molecule has 2 aromatic rings. The van der Waals surface area contributed by atoms with Gasteiger partial charge in [-0.05, 0) is 36.1 Å². The molecule has 0 radical (unpaired) electrons. The number of nitrogens with zero attached hydrogens (tertiary/aromatic N) is 2. The number of ether oxygens (including phenoxy) is 1. The molecule has 2 N–H and O–H groups in total. The highest BCUT2D eigenvalue weighted by Crippen LogP contribution is 2.38. The zero-order valence-corrected chi connectivity index (χ0v) is 14.0. The molecule has 2 aromatic carbocycles. The summed E-state index contributed by atoms with van der Waals surface area (Å²) in [6, 6.07) is 18.8. The van der Waals surface area contributed by atoms with E-state index in [0.29, 0.717) is 11.4 Å². The predicted molar refractivity (Wildman–Crippen MR) is 95.7 cm³/mol. The number of nitrogens with two attached hydrogens (primary N) is 1. The Labute approximate surface area is 143 Å². The van der Waals surface area contributed by atoms with Crippen LogP contribution in [0.2, 0.25) is 0 Å². The van der Waals surface area contributed by atoms with Gasteiger partial charge < -0.3 is 10.5 Å². The molecule has 0 bridgehead atoms. The van der Waals surface area contributed by atoms with E-state index < -0.39 is 5.41 Å². The molecule has 1 saturated heterocycles. The molecule has 1 heterocycles. The lowest BCUT2D eigenvalue weighted by Crippen LogP contribution is -2.41. The van der Waals surface area contributed by atoms with Crippen LogP contribution in [0.15, 0.2) is 48.5 Å². The third-order valence-corrected chi connectivity index (χ3v) is 4.96. The summed E-state index contributed by atoms with van der Waals surface area (Å²) in [7, 11) is 1.61. The van der Waals surface area contributed by atoms with Gasteiger partial charge in [-0.1, -0.05) is 36.4 Å². The van der Waals surface area contributed by atoms with Gasteiger partial charge in [0.25, 0.3) is 0 Å². The number of methoxy groups -OCH3 is 1. The van der Waals surface area contributed by atoms with Gasteiger partial charge in [0.15, 0.2) is 0 Å². The summed E-state index contributed by atoms with van der Waals surface area (Å²) in [4.78, 5) is 2.42. The minimum Gasteiger partial charge on any atom is -0.495 e. The molecular weight excluding hydrogens is 298 g/mol. The monoisotopic (exact) mass is 321 g/mol. The van der Waals surface area contributed by atoms with Gasteiger partial charge in [-0.15, -0.1) is 0 Å². The third-order valence-electron chi connectivity index (χ3n) is 4.96. The summed E-state index contributed by atoms with van der Waals surface area (Å²) in [6.07, 6.45) is 1.65. The van der Waals surface area contributed by atoms with E-state index in [1.807, 2.05) is 24.3 Å². The van der Waals surface area contributed by atoms with Crippen LogP contribution >= 0.6 is 0 Å². The number of hydrogen-bond donors (Lipinski definition) is 1. The summed E-state index contributed by atoms with van der Waals surface area (Å²) in [5, 5.41) is 9.86. The van der Waals surface area contributed by atoms with Crippen LogP contribution < -0.4 is 10.5 Å². The fraction of sp³-hybridized carbons (Fsp3) is 0.350. The smallest absolute Gasteiger partial charge is 0.142 e. The molecular formula is C20H23N3O. The highest BCUT2D eigenvalue weighted by molar-refractivity contribution is 5.56. The van der Waals surface area contributed by atoms with Gasteiger partial charge in [0.1, 0.15) is 5.75 Å². The number of benzene rings is 2. The first kappa shape index (κ1) is 16.4. The number of likely N-dealkylation sites (tertiary alicyclic amines) is 1. The van der Waals surface area contributed by atoms with Crippen molar-refractivity contribution in [1.29, 1.82) is 5.26 Å². The molecule has 0 spiro atoms. The van der Waals surface area contributed by atoms with Crippen molar-refractivity contribution in [2.75, 3.05) is 25.9 Å². The highest BCUT2D eigenvalue weighted by Gasteiger charge is 2.36. The predicted octanol–water partition coefficient (Wildman–Crippen LogP) is 3.33. The molecule has 1 aliphatic heterocycles. The maximum Gasteiger partial charge on any atom is 0.142 e. The van der Waals surface area contributed by atoms with Crippen molar-refractivity contribution < 1.29 is 4.74 Å². The van der Waals surface area contributed by atoms with Crippen molar-refractivity contribution in [1.82, 2.24) is 4.90 Å². The standard InChI is InChI=1S/C20H23N3O/c1-24-19-13-17(7-8-18(19)22)20(15-21)9-11-23(12-10-20)14-16-5-3-2-4-6-16/h2-8,13H,9-12,14,22H2,1H3. The quantitative estimate of drug-likeness (QED) is 0.877. The van der Waals surface area contributed by atoms with Crippen molar-refractivity contribution in [3.63, 3.8) is 0 Å². The van der Waals surface area contributed by atoms with Crippen molar-refractivity contribution in [2.24, 2.45) is 0 Å². The Bertz CT molecular complexity index is 728. The van der Waals surface area contributed by atoms with Gasteiger partial charge in [0.2, 0.25) is 0 Å². The fourth-order valence-electron chi connectivity index (χ4n) is 3.41. The van der Waals surface area contributed by atoms with E-state index >= 15 is 0 Å². The van der Waals surface area contributed by atoms with Gasteiger partial charge in [0, 0.05) is 19.6 Å². The molecule has 1 aliphatic rings. The van der Waals surface area contributed by atoms with Crippen LogP contribution in [0.1, 0.15) is 24.0 Å². The van der Waals surface area contributed by atoms with Crippen molar-refractivity contribution in [3.05, 3.63) is 59.7 Å². The van der Waals surface area contributed by atoms with E-state index in [1.165, 1.54) is 5.56 Å². The van der Waals surface area contributed by atoms with Crippen LogP contribution in [0.25, 0.3) is 0 Å². The van der Waals surface area contributed by atoms with Crippen LogP contribution in [-0.4, -0.2) is 25.1 Å². The van der Waals surface area contributed by atoms with Gasteiger partial charge in [-0.2, -0.15) is 5.26 Å². The number of anilines is 1. The van der Waals surface area contributed by atoms with E-state index in [1.54, 1.807) is 7.11 Å². The number of nitriles is 1. The number of rotatable bonds is 4. The first-order chi connectivity index (χ1) is 11.7. The van der Waals surface area contributed by atoms with Crippen molar-refractivity contribution in [2.45, 2.75) is 24.8 Å². The average molecular weight is 321 g/mol. The first-order valence-electron chi connectivity index (χ1n) is 8.28. The molecule has 0 aliphatic carbocycles. The molecule has 0 saturated carbocycles. The number of nitrogen functional groups attached to an aromatic ring is 1. The maximum absolute atomic E-state index is 9.86. The maximum atomic E-state index is 9.86. The second-order valence-electron chi connectivity index (χ2n) is 6.41. The zero-order valence-electron chi connectivity index (χ0n) is 14.0. The Balaban J connectivity index is 1.74. The van der Waals surface area contributed by atoms with Gasteiger partial charge >= 0.3 is 0 Å². The van der Waals surface area contributed by atoms with Crippen molar-refractivity contribution in [3.8, 4) is 11.8 Å². The largest absolute Gasteiger partial charge is 0.495 e. The minimum absolute atomic E-state index is 0.450. The Kier molecular flexibility index (Phi) is 4.73. The second-order valence-corrected chi connectivity index (χ2v) is 6.41.